The molecular weight excluding hydrogens is 2170 g/mol. The van der Waals surface area contributed by atoms with Crippen LogP contribution >= 0.6 is 121 Å². The maximum absolute atomic E-state index is 14.5. The lowest BCUT2D eigenvalue weighted by atomic mass is 9.80. The molecule has 3 spiro atoms. The number of nitrogens with one attached hydrogen (secondary N) is 2. The van der Waals surface area contributed by atoms with E-state index in [4.69, 9.17) is 99.9 Å². The molecule has 21 rings (SSSR count). The molecule has 13 N–H and O–H groups in total. The normalized spacial score (nSPS) is 21.2. The van der Waals surface area contributed by atoms with Crippen LogP contribution in [-0.4, -0.2) is 175 Å². The van der Waals surface area contributed by atoms with Crippen molar-refractivity contribution in [1.29, 1.82) is 0 Å². The number of alkyl halides is 8. The van der Waals surface area contributed by atoms with Crippen molar-refractivity contribution in [3.8, 4) is 34.1 Å². The molecule has 6 fully saturated rings. The van der Waals surface area contributed by atoms with E-state index in [-0.39, 0.29) is 69.5 Å². The van der Waals surface area contributed by atoms with Gasteiger partial charge in [0.05, 0.1) is 9.80 Å². The molecule has 2 aromatic heterocycles. The first-order valence-electron chi connectivity index (χ1n) is 44.2. The van der Waals surface area contributed by atoms with E-state index in [1.165, 1.54) is 98.4 Å². The smallest absolute Gasteiger partial charge is 0.435 e. The molecule has 24 nitrogen and oxygen atoms in total. The second-order valence-corrected chi connectivity index (χ2v) is 41.7. The van der Waals surface area contributed by atoms with Crippen LogP contribution in [-0.2, 0) is 27.0 Å². The van der Waals surface area contributed by atoms with Crippen LogP contribution in [0.4, 0.5) is 43.9 Å². The van der Waals surface area contributed by atoms with Crippen molar-refractivity contribution in [3.05, 3.63) is 301 Å². The van der Waals surface area contributed by atoms with Crippen LogP contribution in [0, 0.1) is 33.6 Å². The number of thiocarbonyl (C=S) groups is 3. The number of fused-ring (bicyclic) bond motifs is 3. The fourth-order valence-electron chi connectivity index (χ4n) is 17.3. The number of aliphatic imine (C=N–C) groups is 5. The van der Waals surface area contributed by atoms with E-state index in [0.717, 1.165) is 136 Å². The Kier molecular flexibility index (Phi) is 34.9. The molecule has 4 aliphatic carbocycles. The highest BCUT2D eigenvalue weighted by Crippen LogP contribution is 2.56. The summed E-state index contributed by atoms with van der Waals surface area (Å²) in [5, 5.41) is 32.3. The van der Waals surface area contributed by atoms with Gasteiger partial charge >= 0.3 is 33.6 Å². The molecule has 0 radical (unpaired) electrons. The number of hydrogen-bond acceptors (Lipinski definition) is 25. The second kappa shape index (κ2) is 45.3. The summed E-state index contributed by atoms with van der Waals surface area (Å²) >= 11 is 28.5. The summed E-state index contributed by atoms with van der Waals surface area (Å²) in [7, 11) is -1.78. The van der Waals surface area contributed by atoms with Crippen molar-refractivity contribution in [2.75, 3.05) is 52.4 Å². The SMILES string of the molecule is CC(C)(C)OO.Cl.Cl.FC(F)Oc1ccc(C2(c3cccc(Br)c3)NC(=S)N3CC4(CC4)CN=C32)cc1.FC(F)Oc1ccc(C2(c3cccc(Br)c3)NC(=S)SC2=S)cc1.NC1=NC(c2ccc(OC(F)F)cc2)(c2cccc(-c3cccnc3F)c2)C2=NCC3(CC3)CN12.NC1=NC(c2ccc(OC(F)F)cc2)(c2cccc(Br)c2)C2=NCC3(CC3)CN12.NCC1(CN)CC1.OB(O)c1cccnc1F. The van der Waals surface area contributed by atoms with Gasteiger partial charge < -0.3 is 67.5 Å². The third-order valence-electron chi connectivity index (χ3n) is 25.5. The zero-order chi connectivity index (χ0) is 100. The number of guanidine groups is 2. The average molecular weight is 2270 g/mol. The number of amidine groups is 3. The number of halogens is 15. The molecule has 142 heavy (non-hydrogen) atoms. The molecule has 0 bridgehead atoms. The minimum atomic E-state index is -2.92. The van der Waals surface area contributed by atoms with Crippen molar-refractivity contribution in [3.63, 3.8) is 0 Å². The van der Waals surface area contributed by atoms with Gasteiger partial charge in [-0.25, -0.2) is 24.8 Å². The van der Waals surface area contributed by atoms with Crippen molar-refractivity contribution in [1.82, 2.24) is 35.3 Å². The molecule has 7 aliphatic heterocycles. The fraction of sp³-hybridized carbons (Fsp3) is 0.327. The highest BCUT2D eigenvalue weighted by molar-refractivity contribution is 9.11. The lowest BCUT2D eigenvalue weighted by Crippen LogP contribution is -2.49. The maximum Gasteiger partial charge on any atom is 0.493 e. The monoisotopic (exact) mass is 2260 g/mol. The van der Waals surface area contributed by atoms with E-state index in [1.54, 1.807) is 99.6 Å². The molecule has 10 aromatic rings. The lowest BCUT2D eigenvalue weighted by molar-refractivity contribution is -0.306. The molecule has 8 aromatic carbocycles. The predicted molar refractivity (Wildman–Crippen MR) is 556 cm³/mol. The molecular formula is C98H98BBr3Cl2F10N16O8S4. The molecule has 9 heterocycles. The van der Waals surface area contributed by atoms with Gasteiger partial charge in [0.1, 0.15) is 55.9 Å². The van der Waals surface area contributed by atoms with E-state index >= 15 is 0 Å². The van der Waals surface area contributed by atoms with Crippen LogP contribution in [0.15, 0.2) is 269 Å². The Balaban J connectivity index is 0.000000148. The first-order valence-corrected chi connectivity index (χ1v) is 48.6. The van der Waals surface area contributed by atoms with Gasteiger partial charge in [0.2, 0.25) is 11.9 Å². The molecule has 4 atom stereocenters. The van der Waals surface area contributed by atoms with Crippen LogP contribution < -0.4 is 58.0 Å². The average Bonchev–Trinajstić information content (AvgIpc) is 1.55. The van der Waals surface area contributed by atoms with Crippen LogP contribution in [0.1, 0.15) is 117 Å². The van der Waals surface area contributed by atoms with Crippen LogP contribution in [0.5, 0.6) is 23.0 Å². The predicted octanol–water partition coefficient (Wildman–Crippen LogP) is 19.3. The number of rotatable bonds is 20. The number of hydrogen-bond donors (Lipinski definition) is 9. The topological polar surface area (TPSA) is 332 Å². The zero-order valence-electron chi connectivity index (χ0n) is 76.2. The Morgan fingerprint density at radius 3 is 1.15 bits per heavy atom. The molecule has 2 saturated heterocycles. The number of nitrogens with zero attached hydrogens (tertiary/aromatic N) is 10. The van der Waals surface area contributed by atoms with E-state index < -0.39 is 73.2 Å². The number of benzene rings is 8. The molecule has 750 valence electrons. The van der Waals surface area contributed by atoms with Gasteiger partial charge in [-0.15, -0.1) is 24.8 Å². The molecule has 0 amide bonds. The summed E-state index contributed by atoms with van der Waals surface area (Å²) in [5.41, 5.74) is 28.1. The third kappa shape index (κ3) is 24.4. The summed E-state index contributed by atoms with van der Waals surface area (Å²) < 4.78 is 149. The lowest BCUT2D eigenvalue weighted by Gasteiger charge is -2.36. The van der Waals surface area contributed by atoms with Gasteiger partial charge in [0.25, 0.3) is 0 Å². The number of ether oxygens (including phenoxy) is 4. The van der Waals surface area contributed by atoms with Crippen molar-refractivity contribution in [2.45, 2.75) is 126 Å². The Hall–Kier alpha value is -10.0. The largest absolute Gasteiger partial charge is 0.493 e. The standard InChI is InChI=1S/C26H22F3N5O.C21H19BrF2N4O.C21H18BrF2N3OS.C16H10BrF2NOS3.C5H5BFNO2.C5H12N2.C4H10O2.2ClH/c27-21-20(5-2-12-31-21)16-3-1-4-18(13-16)26(17-6-8-19(9-7-17)35-23(28)29)22-32-14-25(10-11-25)15-34(22)24(30)33-26;22-15-3-1-2-14(10-15)21(13-4-6-16(7-5-13)29-18(23)24)17-26-11-20(8-9-20)12-28(17)19(25)27-21;22-15-3-1-2-14(10-15)21(13-4-6-16(7-5-13)28-18(23)24)17-25-11-20(8-9-20)12-27(17)19(29)26-21;17-11-3-1-2-10(8-11)16(13(22)24-15(23)20-16)9-4-6-12(7-5-9)21-14(18)19;7-5-4(6(9)10)2-1-3-8-5;6-3-5(4-7)1-2-5;1-4(2,3)6-5;;/h1-9,12-13,23H,10-11,14-15H2,(H2,30,33);1-7,10,18H,8-9,11-12H2,(H2,25,27);1-7,10,18H,8-9,11-12H2,(H,26,29);1-8,14H,(H,20,23);1-3,9-10H;1-4,6-7H2;5H,1-3H3;2*1H. The van der Waals surface area contributed by atoms with Crippen LogP contribution in [0.2, 0.25) is 0 Å². The van der Waals surface area contributed by atoms with E-state index in [0.29, 0.717) is 60.0 Å². The molecule has 4 unspecified atom stereocenters. The summed E-state index contributed by atoms with van der Waals surface area (Å²) in [6.45, 7) is -0.0197. The fourth-order valence-corrected chi connectivity index (χ4v) is 20.7. The van der Waals surface area contributed by atoms with Gasteiger partial charge in [-0.2, -0.15) is 43.9 Å². The van der Waals surface area contributed by atoms with Gasteiger partial charge in [-0.1, -0.05) is 193 Å². The first kappa shape index (κ1) is 109. The summed E-state index contributed by atoms with van der Waals surface area (Å²) in [6.07, 6.45) is 12.0. The van der Waals surface area contributed by atoms with E-state index in [9.17, 15) is 43.9 Å². The van der Waals surface area contributed by atoms with Crippen molar-refractivity contribution in [2.24, 2.45) is 69.6 Å². The Morgan fingerprint density at radius 2 is 0.810 bits per heavy atom. The van der Waals surface area contributed by atoms with E-state index in [2.05, 4.69) is 97.1 Å². The summed E-state index contributed by atoms with van der Waals surface area (Å²) in [4.78, 5) is 41.7. The van der Waals surface area contributed by atoms with Gasteiger partial charge in [0.15, 0.2) is 28.1 Å². The number of aromatic nitrogens is 2. The minimum Gasteiger partial charge on any atom is -0.435 e. The quantitative estimate of drug-likeness (QED) is 0.00855. The maximum atomic E-state index is 14.5. The van der Waals surface area contributed by atoms with Crippen molar-refractivity contribution < 1.29 is 83.0 Å². The Labute approximate surface area is 871 Å². The van der Waals surface area contributed by atoms with Crippen molar-refractivity contribution >= 4 is 177 Å². The Bertz CT molecular complexity index is 6360. The number of pyridine rings is 2. The zero-order valence-corrected chi connectivity index (χ0v) is 85.8. The van der Waals surface area contributed by atoms with E-state index in [1.807, 2.05) is 101 Å². The third-order valence-corrected chi connectivity index (χ3v) is 29.0. The summed E-state index contributed by atoms with van der Waals surface area (Å²) in [6, 6.07) is 63.0. The molecule has 4 saturated carbocycles. The van der Waals surface area contributed by atoms with Gasteiger partial charge in [-0.05, 0) is 262 Å². The molecule has 44 heteroatoms. The highest BCUT2D eigenvalue weighted by atomic mass is 79.9. The second-order valence-electron chi connectivity index (χ2n) is 36.2. The van der Waals surface area contributed by atoms with Gasteiger partial charge in [-0.3, -0.25) is 30.0 Å². The first-order chi connectivity index (χ1) is 66.8. The van der Waals surface area contributed by atoms with Gasteiger partial charge in [0, 0.05) is 92.4 Å². The number of nitrogens with two attached hydrogens (primary N) is 4. The van der Waals surface area contributed by atoms with Crippen LogP contribution in [0.3, 0.4) is 0 Å². The summed E-state index contributed by atoms with van der Waals surface area (Å²) in [5.74, 6) is 2.04. The molecule has 11 aliphatic rings. The van der Waals surface area contributed by atoms with Crippen LogP contribution in [0.25, 0.3) is 11.1 Å². The minimum absolute atomic E-state index is 0. The number of thioether (sulfide) groups is 1. The highest BCUT2D eigenvalue weighted by Gasteiger charge is 2.60. The Morgan fingerprint density at radius 1 is 0.451 bits per heavy atom.